The van der Waals surface area contributed by atoms with Gasteiger partial charge in [0.15, 0.2) is 0 Å². The fourth-order valence-electron chi connectivity index (χ4n) is 2.39. The summed E-state index contributed by atoms with van der Waals surface area (Å²) in [7, 11) is 0. The van der Waals surface area contributed by atoms with Crippen LogP contribution in [0.4, 0.5) is 0 Å². The predicted molar refractivity (Wildman–Crippen MR) is 64.1 cm³/mol. The lowest BCUT2D eigenvalue weighted by atomic mass is 9.99. The Kier molecular flexibility index (Phi) is 3.92. The Labute approximate surface area is 95.8 Å². The average Bonchev–Trinajstić information content (AvgIpc) is 2.59. The zero-order chi connectivity index (χ0) is 10.7. The number of carbonyl (C=O) groups is 1. The van der Waals surface area contributed by atoms with Gasteiger partial charge in [-0.25, -0.2) is 0 Å². The molecule has 0 spiro atoms. The van der Waals surface area contributed by atoms with Crippen LogP contribution < -0.4 is 10.6 Å². The van der Waals surface area contributed by atoms with E-state index in [1.807, 2.05) is 11.8 Å². The number of rotatable bonds is 4. The van der Waals surface area contributed by atoms with E-state index in [9.17, 15) is 4.79 Å². The largest absolute Gasteiger partial charge is 0.352 e. The van der Waals surface area contributed by atoms with Crippen molar-refractivity contribution < 1.29 is 4.79 Å². The van der Waals surface area contributed by atoms with Crippen LogP contribution in [0, 0.1) is 5.92 Å². The van der Waals surface area contributed by atoms with Gasteiger partial charge >= 0.3 is 0 Å². The van der Waals surface area contributed by atoms with E-state index < -0.39 is 0 Å². The molecule has 2 aliphatic rings. The summed E-state index contributed by atoms with van der Waals surface area (Å²) in [4.78, 5) is 11.7. The molecule has 1 saturated carbocycles. The van der Waals surface area contributed by atoms with E-state index in [4.69, 9.17) is 0 Å². The number of carbonyl (C=O) groups excluding carboxylic acids is 1. The summed E-state index contributed by atoms with van der Waals surface area (Å²) in [5, 5.41) is 7.03. The summed E-state index contributed by atoms with van der Waals surface area (Å²) >= 11 is 1.89. The molecule has 1 aliphatic heterocycles. The first-order valence-corrected chi connectivity index (χ1v) is 7.11. The predicted octanol–water partition coefficient (Wildman–Crippen LogP) is 0.996. The molecule has 3 nitrogen and oxygen atoms in total. The van der Waals surface area contributed by atoms with E-state index in [1.165, 1.54) is 19.3 Å². The normalized spacial score (nSPS) is 31.3. The molecule has 0 aromatic carbocycles. The van der Waals surface area contributed by atoms with Gasteiger partial charge in [-0.1, -0.05) is 6.42 Å². The van der Waals surface area contributed by atoms with Gasteiger partial charge in [-0.2, -0.15) is 11.8 Å². The van der Waals surface area contributed by atoms with Crippen molar-refractivity contribution in [1.29, 1.82) is 0 Å². The van der Waals surface area contributed by atoms with E-state index in [1.54, 1.807) is 0 Å². The fourth-order valence-corrected chi connectivity index (χ4v) is 3.33. The molecule has 0 aromatic heterocycles. The third-order valence-corrected chi connectivity index (χ3v) is 4.61. The van der Waals surface area contributed by atoms with Gasteiger partial charge in [-0.3, -0.25) is 4.79 Å². The van der Waals surface area contributed by atoms with E-state index in [-0.39, 0.29) is 5.91 Å². The molecular formula is C11H20N2OS. The molecule has 1 saturated heterocycles. The maximum absolute atomic E-state index is 11.7. The van der Waals surface area contributed by atoms with Gasteiger partial charge in [0.05, 0.1) is 0 Å². The van der Waals surface area contributed by atoms with E-state index >= 15 is 0 Å². The summed E-state index contributed by atoms with van der Waals surface area (Å²) in [6.45, 7) is 2.04. The van der Waals surface area contributed by atoms with Crippen LogP contribution in [-0.2, 0) is 4.79 Å². The van der Waals surface area contributed by atoms with Crippen LogP contribution in [0.3, 0.4) is 0 Å². The number of nitrogens with one attached hydrogen (secondary N) is 2. The lowest BCUT2D eigenvalue weighted by Crippen LogP contribution is -2.46. The molecule has 4 heteroatoms. The Morgan fingerprint density at radius 1 is 1.47 bits per heavy atom. The lowest BCUT2D eigenvalue weighted by molar-refractivity contribution is -0.123. The Morgan fingerprint density at radius 3 is 2.87 bits per heavy atom. The molecular weight excluding hydrogens is 208 g/mol. The van der Waals surface area contributed by atoms with E-state index in [0.29, 0.717) is 23.6 Å². The third kappa shape index (κ3) is 2.88. The van der Waals surface area contributed by atoms with Crippen LogP contribution in [0.2, 0.25) is 0 Å². The second-order valence-electron chi connectivity index (χ2n) is 4.61. The van der Waals surface area contributed by atoms with Crippen molar-refractivity contribution >= 4 is 17.7 Å². The molecule has 0 radical (unpaired) electrons. The zero-order valence-corrected chi connectivity index (χ0v) is 10.1. The zero-order valence-electron chi connectivity index (χ0n) is 9.29. The molecule has 0 bridgehead atoms. The molecule has 1 amide bonds. The smallest absolute Gasteiger partial charge is 0.220 e. The fraction of sp³-hybridized carbons (Fsp3) is 0.909. The molecule has 86 valence electrons. The Hall–Kier alpha value is -0.220. The van der Waals surface area contributed by atoms with Gasteiger partial charge in [-0.05, 0) is 38.1 Å². The minimum Gasteiger partial charge on any atom is -0.352 e. The van der Waals surface area contributed by atoms with Crippen LogP contribution in [-0.4, -0.2) is 36.5 Å². The maximum Gasteiger partial charge on any atom is 0.220 e. The van der Waals surface area contributed by atoms with Crippen molar-refractivity contribution in [3.8, 4) is 0 Å². The number of thioether (sulfide) groups is 1. The third-order valence-electron chi connectivity index (χ3n) is 3.44. The average molecular weight is 228 g/mol. The van der Waals surface area contributed by atoms with Gasteiger partial charge in [0.25, 0.3) is 0 Å². The highest BCUT2D eigenvalue weighted by molar-refractivity contribution is 7.99. The van der Waals surface area contributed by atoms with Crippen LogP contribution in [0.5, 0.6) is 0 Å². The first-order valence-electron chi connectivity index (χ1n) is 5.82. The Morgan fingerprint density at radius 2 is 2.27 bits per heavy atom. The van der Waals surface area contributed by atoms with Crippen molar-refractivity contribution in [2.45, 2.75) is 37.0 Å². The van der Waals surface area contributed by atoms with Crippen LogP contribution in [0.25, 0.3) is 0 Å². The Balaban J connectivity index is 1.72. The lowest BCUT2D eigenvalue weighted by Gasteiger charge is -2.27. The van der Waals surface area contributed by atoms with Crippen molar-refractivity contribution in [2.24, 2.45) is 5.92 Å². The SMILES string of the molecule is CSC1CCCC1NC(=O)CC1CNC1. The van der Waals surface area contributed by atoms with Crippen molar-refractivity contribution in [3.63, 3.8) is 0 Å². The first kappa shape index (κ1) is 11.3. The molecule has 2 fully saturated rings. The standard InChI is InChI=1S/C11H20N2OS/c1-15-10-4-2-3-9(10)13-11(14)5-8-6-12-7-8/h8-10,12H,2-7H2,1H3,(H,13,14). The summed E-state index contributed by atoms with van der Waals surface area (Å²) in [6, 6.07) is 0.431. The molecule has 1 aliphatic carbocycles. The molecule has 0 aromatic rings. The summed E-state index contributed by atoms with van der Waals surface area (Å²) in [5.74, 6) is 0.839. The molecule has 2 atom stereocenters. The summed E-state index contributed by atoms with van der Waals surface area (Å²) < 4.78 is 0. The van der Waals surface area contributed by atoms with Crippen molar-refractivity contribution in [3.05, 3.63) is 0 Å². The highest BCUT2D eigenvalue weighted by atomic mass is 32.2. The number of hydrogen-bond donors (Lipinski definition) is 2. The minimum atomic E-state index is 0.257. The second kappa shape index (κ2) is 5.21. The molecule has 1 heterocycles. The van der Waals surface area contributed by atoms with Gasteiger partial charge in [0.1, 0.15) is 0 Å². The number of hydrogen-bond acceptors (Lipinski definition) is 3. The molecule has 15 heavy (non-hydrogen) atoms. The first-order chi connectivity index (χ1) is 7.29. The van der Waals surface area contributed by atoms with E-state index in [2.05, 4.69) is 16.9 Å². The van der Waals surface area contributed by atoms with Crippen LogP contribution >= 0.6 is 11.8 Å². The molecule has 2 N–H and O–H groups in total. The quantitative estimate of drug-likeness (QED) is 0.754. The molecule has 2 unspecified atom stereocenters. The Bertz CT molecular complexity index is 231. The summed E-state index contributed by atoms with van der Waals surface area (Å²) in [5.41, 5.74) is 0. The van der Waals surface area contributed by atoms with Gasteiger partial charge in [0, 0.05) is 17.7 Å². The highest BCUT2D eigenvalue weighted by Crippen LogP contribution is 2.28. The summed E-state index contributed by atoms with van der Waals surface area (Å²) in [6.07, 6.45) is 6.55. The van der Waals surface area contributed by atoms with Gasteiger partial charge in [-0.15, -0.1) is 0 Å². The van der Waals surface area contributed by atoms with Crippen LogP contribution in [0.15, 0.2) is 0 Å². The monoisotopic (exact) mass is 228 g/mol. The van der Waals surface area contributed by atoms with Crippen molar-refractivity contribution in [1.82, 2.24) is 10.6 Å². The maximum atomic E-state index is 11.7. The minimum absolute atomic E-state index is 0.257. The topological polar surface area (TPSA) is 41.1 Å². The molecule has 2 rings (SSSR count). The second-order valence-corrected chi connectivity index (χ2v) is 5.68. The van der Waals surface area contributed by atoms with E-state index in [0.717, 1.165) is 13.1 Å². The number of amides is 1. The highest BCUT2D eigenvalue weighted by Gasteiger charge is 2.29. The van der Waals surface area contributed by atoms with Gasteiger partial charge in [0.2, 0.25) is 5.91 Å². The van der Waals surface area contributed by atoms with Crippen molar-refractivity contribution in [2.75, 3.05) is 19.3 Å². The van der Waals surface area contributed by atoms with Gasteiger partial charge < -0.3 is 10.6 Å². The van der Waals surface area contributed by atoms with Crippen LogP contribution in [0.1, 0.15) is 25.7 Å².